The van der Waals surface area contributed by atoms with Crippen LogP contribution < -0.4 is 0 Å². The van der Waals surface area contributed by atoms with Crippen LogP contribution in [0.5, 0.6) is 0 Å². The largest absolute Gasteiger partial charge is 0.189 e. The Balaban J connectivity index is 2.84. The summed E-state index contributed by atoms with van der Waals surface area (Å²) in [6.45, 7) is 6.87. The van der Waals surface area contributed by atoms with E-state index in [9.17, 15) is 0 Å². The van der Waals surface area contributed by atoms with Crippen LogP contribution in [0.25, 0.3) is 0 Å². The second-order valence-corrected chi connectivity index (χ2v) is 3.43. The molecular formula is C9H14N2. The first-order valence-corrected chi connectivity index (χ1v) is 3.84. The molecule has 0 atom stereocenters. The number of hydrogen-bond acceptors (Lipinski definition) is 2. The summed E-state index contributed by atoms with van der Waals surface area (Å²) >= 11 is 0. The molecule has 11 heavy (non-hydrogen) atoms. The second kappa shape index (κ2) is 2.99. The summed E-state index contributed by atoms with van der Waals surface area (Å²) in [5.74, 6) is 0. The van der Waals surface area contributed by atoms with E-state index in [-0.39, 0.29) is 5.54 Å². The number of hydrogen-bond donors (Lipinski definition) is 0. The fourth-order valence-electron chi connectivity index (χ4n) is 0.863. The number of rotatable bonds is 0. The molecule has 0 bridgehead atoms. The first-order chi connectivity index (χ1) is 5.10. The maximum absolute atomic E-state index is 4.16. The Kier molecular flexibility index (Phi) is 2.22. The van der Waals surface area contributed by atoms with Crippen molar-refractivity contribution in [3.8, 4) is 0 Å². The van der Waals surface area contributed by atoms with Crippen molar-refractivity contribution in [2.45, 2.75) is 26.3 Å². The maximum atomic E-state index is 4.16. The van der Waals surface area contributed by atoms with E-state index in [1.807, 2.05) is 19.9 Å². The van der Waals surface area contributed by atoms with Crippen LogP contribution in [0.15, 0.2) is 34.0 Å². The standard InChI is InChI=1S/C9H14N2/c1-8-5-4-6-9(2,3)11-10-7-8/h4-6H,7H2,1-3H3/b6-4-,8-5?,11-10?. The highest BCUT2D eigenvalue weighted by molar-refractivity contribution is 5.16. The highest BCUT2D eigenvalue weighted by atomic mass is 15.1. The zero-order chi connectivity index (χ0) is 8.32. The van der Waals surface area contributed by atoms with Crippen molar-refractivity contribution in [1.29, 1.82) is 0 Å². The van der Waals surface area contributed by atoms with E-state index in [0.29, 0.717) is 0 Å². The zero-order valence-electron chi connectivity index (χ0n) is 7.33. The molecule has 0 aliphatic carbocycles. The van der Waals surface area contributed by atoms with Crippen molar-refractivity contribution in [3.63, 3.8) is 0 Å². The van der Waals surface area contributed by atoms with E-state index in [1.54, 1.807) is 0 Å². The van der Waals surface area contributed by atoms with Crippen LogP contribution in [0.1, 0.15) is 20.8 Å². The maximum Gasteiger partial charge on any atom is 0.0942 e. The summed E-state index contributed by atoms with van der Waals surface area (Å²) < 4.78 is 0. The molecule has 1 aliphatic rings. The third-order valence-corrected chi connectivity index (χ3v) is 1.53. The van der Waals surface area contributed by atoms with Gasteiger partial charge in [-0.2, -0.15) is 10.2 Å². The Labute approximate surface area is 67.7 Å². The molecule has 2 nitrogen and oxygen atoms in total. The highest BCUT2D eigenvalue weighted by Crippen LogP contribution is 2.14. The SMILES string of the molecule is CC1=C/C=C\C(C)(C)N=NC1. The van der Waals surface area contributed by atoms with Crippen molar-refractivity contribution in [3.05, 3.63) is 23.8 Å². The van der Waals surface area contributed by atoms with Gasteiger partial charge in [0.25, 0.3) is 0 Å². The van der Waals surface area contributed by atoms with Crippen molar-refractivity contribution < 1.29 is 0 Å². The van der Waals surface area contributed by atoms with Gasteiger partial charge in [0, 0.05) is 0 Å². The Morgan fingerprint density at radius 1 is 1.45 bits per heavy atom. The second-order valence-electron chi connectivity index (χ2n) is 3.43. The first-order valence-electron chi connectivity index (χ1n) is 3.84. The average Bonchev–Trinajstić information content (AvgIpc) is 1.83. The van der Waals surface area contributed by atoms with E-state index < -0.39 is 0 Å². The third kappa shape index (κ3) is 2.66. The minimum atomic E-state index is -0.128. The van der Waals surface area contributed by atoms with Gasteiger partial charge in [-0.25, -0.2) is 0 Å². The summed E-state index contributed by atoms with van der Waals surface area (Å²) in [4.78, 5) is 0. The van der Waals surface area contributed by atoms with E-state index in [4.69, 9.17) is 0 Å². The molecule has 60 valence electrons. The Morgan fingerprint density at radius 2 is 2.18 bits per heavy atom. The van der Waals surface area contributed by atoms with Crippen LogP contribution in [-0.2, 0) is 0 Å². The normalized spacial score (nSPS) is 25.2. The lowest BCUT2D eigenvalue weighted by Crippen LogP contribution is -2.12. The smallest absolute Gasteiger partial charge is 0.0942 e. The van der Waals surface area contributed by atoms with Gasteiger partial charge in [-0.15, -0.1) is 0 Å². The molecule has 1 aliphatic heterocycles. The predicted octanol–water partition coefficient (Wildman–Crippen LogP) is 2.73. The van der Waals surface area contributed by atoms with Gasteiger partial charge in [-0.05, 0) is 20.8 Å². The van der Waals surface area contributed by atoms with Crippen LogP contribution in [0.3, 0.4) is 0 Å². The number of azo groups is 1. The Hall–Kier alpha value is -0.920. The van der Waals surface area contributed by atoms with Gasteiger partial charge < -0.3 is 0 Å². The fourth-order valence-corrected chi connectivity index (χ4v) is 0.863. The minimum Gasteiger partial charge on any atom is -0.189 e. The molecule has 0 radical (unpaired) electrons. The molecule has 2 heteroatoms. The molecule has 0 amide bonds. The van der Waals surface area contributed by atoms with Crippen molar-refractivity contribution in [1.82, 2.24) is 0 Å². The van der Waals surface area contributed by atoms with Crippen molar-refractivity contribution in [2.75, 3.05) is 6.54 Å². The molecule has 0 spiro atoms. The Bertz CT molecular complexity index is 222. The van der Waals surface area contributed by atoms with Crippen LogP contribution in [-0.4, -0.2) is 12.1 Å². The highest BCUT2D eigenvalue weighted by Gasteiger charge is 2.11. The van der Waals surface area contributed by atoms with Crippen LogP contribution in [0.2, 0.25) is 0 Å². The first kappa shape index (κ1) is 8.18. The number of allylic oxidation sites excluding steroid dienone is 2. The molecule has 0 fully saturated rings. The molecule has 0 saturated heterocycles. The summed E-state index contributed by atoms with van der Waals surface area (Å²) in [5, 5.41) is 8.23. The van der Waals surface area contributed by atoms with E-state index in [2.05, 4.69) is 29.3 Å². The predicted molar refractivity (Wildman–Crippen MR) is 46.7 cm³/mol. The average molecular weight is 150 g/mol. The molecule has 0 aromatic carbocycles. The monoisotopic (exact) mass is 150 g/mol. The van der Waals surface area contributed by atoms with Gasteiger partial charge in [0.05, 0.1) is 12.1 Å². The molecule has 0 N–H and O–H groups in total. The van der Waals surface area contributed by atoms with Gasteiger partial charge in [-0.1, -0.05) is 23.8 Å². The van der Waals surface area contributed by atoms with E-state index >= 15 is 0 Å². The van der Waals surface area contributed by atoms with E-state index in [0.717, 1.165) is 6.54 Å². The third-order valence-electron chi connectivity index (χ3n) is 1.53. The van der Waals surface area contributed by atoms with Crippen LogP contribution in [0, 0.1) is 0 Å². The Morgan fingerprint density at radius 3 is 2.91 bits per heavy atom. The molecule has 0 unspecified atom stereocenters. The van der Waals surface area contributed by atoms with Gasteiger partial charge >= 0.3 is 0 Å². The van der Waals surface area contributed by atoms with Crippen molar-refractivity contribution >= 4 is 0 Å². The molecule has 1 rings (SSSR count). The topological polar surface area (TPSA) is 24.7 Å². The summed E-state index contributed by atoms with van der Waals surface area (Å²) in [5.41, 5.74) is 1.12. The fraction of sp³-hybridized carbons (Fsp3) is 0.556. The van der Waals surface area contributed by atoms with Gasteiger partial charge in [-0.3, -0.25) is 0 Å². The summed E-state index contributed by atoms with van der Waals surface area (Å²) in [7, 11) is 0. The molecule has 0 aromatic rings. The molecule has 0 aromatic heterocycles. The van der Waals surface area contributed by atoms with Gasteiger partial charge in [0.2, 0.25) is 0 Å². The van der Waals surface area contributed by atoms with Crippen LogP contribution >= 0.6 is 0 Å². The summed E-state index contributed by atoms with van der Waals surface area (Å²) in [6.07, 6.45) is 6.19. The minimum absolute atomic E-state index is 0.128. The van der Waals surface area contributed by atoms with Gasteiger partial charge in [0.1, 0.15) is 0 Å². The lowest BCUT2D eigenvalue weighted by molar-refractivity contribution is 0.603. The lowest BCUT2D eigenvalue weighted by atomic mass is 10.1. The molecule has 1 heterocycles. The van der Waals surface area contributed by atoms with Crippen molar-refractivity contribution in [2.24, 2.45) is 10.2 Å². The van der Waals surface area contributed by atoms with E-state index in [1.165, 1.54) is 5.57 Å². The number of nitrogens with zero attached hydrogens (tertiary/aromatic N) is 2. The zero-order valence-corrected chi connectivity index (χ0v) is 7.33. The summed E-state index contributed by atoms with van der Waals surface area (Å²) in [6, 6.07) is 0. The van der Waals surface area contributed by atoms with Gasteiger partial charge in [0.15, 0.2) is 0 Å². The van der Waals surface area contributed by atoms with Crippen LogP contribution in [0.4, 0.5) is 0 Å². The molecule has 0 saturated carbocycles. The lowest BCUT2D eigenvalue weighted by Gasteiger charge is -2.13. The quantitative estimate of drug-likeness (QED) is 0.507. The molecular weight excluding hydrogens is 136 g/mol.